The van der Waals surface area contributed by atoms with Crippen molar-refractivity contribution in [3.63, 3.8) is 0 Å². The molecule has 0 N–H and O–H groups in total. The fraction of sp³-hybridized carbons (Fsp3) is 0.850. The second-order valence-electron chi connectivity index (χ2n) is 8.02. The van der Waals surface area contributed by atoms with E-state index in [9.17, 15) is 13.6 Å². The molecule has 25 heavy (non-hydrogen) atoms. The maximum Gasteiger partial charge on any atom is 0.266 e. The van der Waals surface area contributed by atoms with E-state index in [1.807, 2.05) is 0 Å². The highest BCUT2D eigenvalue weighted by Crippen LogP contribution is 2.38. The Kier molecular flexibility index (Phi) is 7.00. The topological polar surface area (TPSA) is 35.5 Å². The molecule has 142 valence electrons. The molecule has 5 heteroatoms. The molecule has 0 unspecified atom stereocenters. The highest BCUT2D eigenvalue weighted by molar-refractivity contribution is 5.79. The second-order valence-corrected chi connectivity index (χ2v) is 8.02. The van der Waals surface area contributed by atoms with Gasteiger partial charge in [-0.05, 0) is 69.3 Å². The van der Waals surface area contributed by atoms with Crippen LogP contribution in [0.4, 0.5) is 8.78 Å². The lowest BCUT2D eigenvalue weighted by molar-refractivity contribution is -0.236. The van der Waals surface area contributed by atoms with E-state index in [-0.39, 0.29) is 6.29 Å². The number of halogens is 2. The summed E-state index contributed by atoms with van der Waals surface area (Å²) >= 11 is 0. The van der Waals surface area contributed by atoms with Gasteiger partial charge in [-0.25, -0.2) is 0 Å². The smallest absolute Gasteiger partial charge is 0.266 e. The van der Waals surface area contributed by atoms with Crippen LogP contribution in [0.25, 0.3) is 0 Å². The standard InChI is InChI=1S/C20H30F2O3/c21-19(22)3-1-2-14-4-6-16(7-5-14)20-24-12-17(13-25-20)15-8-10-18(23)11-9-15/h3,14-17,20H,1-2,4-13H2. The maximum atomic E-state index is 12.1. The maximum absolute atomic E-state index is 12.1. The highest BCUT2D eigenvalue weighted by atomic mass is 19.3. The van der Waals surface area contributed by atoms with Gasteiger partial charge in [-0.1, -0.05) is 0 Å². The molecule has 0 radical (unpaired) electrons. The van der Waals surface area contributed by atoms with Crippen LogP contribution in [0.2, 0.25) is 0 Å². The van der Waals surface area contributed by atoms with E-state index in [0.717, 1.165) is 77.1 Å². The minimum absolute atomic E-state index is 0.0920. The van der Waals surface area contributed by atoms with Crippen molar-refractivity contribution >= 4 is 5.78 Å². The van der Waals surface area contributed by atoms with Gasteiger partial charge in [-0.2, -0.15) is 8.78 Å². The number of carbonyl (C=O) groups is 1. The number of rotatable bonds is 5. The summed E-state index contributed by atoms with van der Waals surface area (Å²) in [5.74, 6) is 2.40. The summed E-state index contributed by atoms with van der Waals surface area (Å²) in [5, 5.41) is 0. The summed E-state index contributed by atoms with van der Waals surface area (Å²) in [4.78, 5) is 11.4. The molecule has 2 saturated carbocycles. The zero-order valence-corrected chi connectivity index (χ0v) is 14.9. The van der Waals surface area contributed by atoms with E-state index in [1.165, 1.54) is 0 Å². The number of ether oxygens (including phenoxy) is 2. The Hall–Kier alpha value is -0.810. The van der Waals surface area contributed by atoms with Crippen LogP contribution >= 0.6 is 0 Å². The van der Waals surface area contributed by atoms with Crippen LogP contribution in [-0.4, -0.2) is 25.3 Å². The van der Waals surface area contributed by atoms with Gasteiger partial charge in [0.1, 0.15) is 5.78 Å². The van der Waals surface area contributed by atoms with Crippen LogP contribution in [-0.2, 0) is 14.3 Å². The lowest BCUT2D eigenvalue weighted by Gasteiger charge is -2.40. The summed E-state index contributed by atoms with van der Waals surface area (Å²) < 4.78 is 36.3. The summed E-state index contributed by atoms with van der Waals surface area (Å²) in [6.45, 7) is 1.51. The lowest BCUT2D eigenvalue weighted by atomic mass is 9.78. The van der Waals surface area contributed by atoms with Crippen molar-refractivity contribution in [1.82, 2.24) is 0 Å². The zero-order chi connectivity index (χ0) is 17.6. The summed E-state index contributed by atoms with van der Waals surface area (Å²) in [6, 6.07) is 0. The van der Waals surface area contributed by atoms with Crippen LogP contribution in [0.1, 0.15) is 64.2 Å². The first-order valence-electron chi connectivity index (χ1n) is 9.88. The number of ketones is 1. The molecule has 3 nitrogen and oxygen atoms in total. The van der Waals surface area contributed by atoms with Gasteiger partial charge >= 0.3 is 0 Å². The Morgan fingerprint density at radius 3 is 2.16 bits per heavy atom. The molecule has 0 aromatic carbocycles. The Labute approximate surface area is 149 Å². The first-order chi connectivity index (χ1) is 12.1. The van der Waals surface area contributed by atoms with E-state index < -0.39 is 6.08 Å². The van der Waals surface area contributed by atoms with Crippen molar-refractivity contribution in [2.75, 3.05) is 13.2 Å². The number of allylic oxidation sites excluding steroid dienone is 1. The molecule has 0 atom stereocenters. The third kappa shape index (κ3) is 5.58. The van der Waals surface area contributed by atoms with Crippen LogP contribution in [0.5, 0.6) is 0 Å². The minimum Gasteiger partial charge on any atom is -0.352 e. The second kappa shape index (κ2) is 9.22. The van der Waals surface area contributed by atoms with Crippen LogP contribution in [0.15, 0.2) is 12.2 Å². The minimum atomic E-state index is -1.56. The molecular formula is C20H30F2O3. The van der Waals surface area contributed by atoms with E-state index in [4.69, 9.17) is 9.47 Å². The van der Waals surface area contributed by atoms with Gasteiger partial charge < -0.3 is 9.47 Å². The summed E-state index contributed by atoms with van der Waals surface area (Å²) in [6.07, 6.45) is 8.45. The molecule has 0 amide bonds. The Bertz CT molecular complexity index is 450. The molecule has 0 aromatic heterocycles. The fourth-order valence-corrected chi connectivity index (χ4v) is 4.69. The number of Topliss-reactive ketones (excluding diaryl/α,β-unsaturated/α-hetero) is 1. The zero-order valence-electron chi connectivity index (χ0n) is 14.9. The molecule has 1 aliphatic heterocycles. The van der Waals surface area contributed by atoms with Crippen molar-refractivity contribution < 1.29 is 23.0 Å². The van der Waals surface area contributed by atoms with Crippen LogP contribution in [0, 0.1) is 23.7 Å². The van der Waals surface area contributed by atoms with E-state index >= 15 is 0 Å². The van der Waals surface area contributed by atoms with Crippen molar-refractivity contribution in [2.24, 2.45) is 23.7 Å². The molecule has 3 aliphatic rings. The fourth-order valence-electron chi connectivity index (χ4n) is 4.69. The average Bonchev–Trinajstić information content (AvgIpc) is 2.63. The quantitative estimate of drug-likeness (QED) is 0.687. The van der Waals surface area contributed by atoms with E-state index in [0.29, 0.717) is 35.9 Å². The van der Waals surface area contributed by atoms with Crippen molar-refractivity contribution in [3.8, 4) is 0 Å². The van der Waals surface area contributed by atoms with Gasteiger partial charge in [-0.3, -0.25) is 4.79 Å². The van der Waals surface area contributed by atoms with Crippen molar-refractivity contribution in [3.05, 3.63) is 12.2 Å². The third-order valence-electron chi connectivity index (χ3n) is 6.35. The normalized spacial score (nSPS) is 34.7. The Morgan fingerprint density at radius 1 is 0.920 bits per heavy atom. The van der Waals surface area contributed by atoms with E-state index in [2.05, 4.69) is 0 Å². The average molecular weight is 356 g/mol. The summed E-state index contributed by atoms with van der Waals surface area (Å²) in [5.41, 5.74) is 0. The van der Waals surface area contributed by atoms with Gasteiger partial charge in [0.15, 0.2) is 6.29 Å². The monoisotopic (exact) mass is 356 g/mol. The van der Waals surface area contributed by atoms with E-state index in [1.54, 1.807) is 0 Å². The molecular weight excluding hydrogens is 326 g/mol. The number of hydrogen-bond donors (Lipinski definition) is 0. The first kappa shape index (κ1) is 19.0. The number of carbonyl (C=O) groups excluding carboxylic acids is 1. The molecule has 0 bridgehead atoms. The van der Waals surface area contributed by atoms with Crippen LogP contribution < -0.4 is 0 Å². The highest BCUT2D eigenvalue weighted by Gasteiger charge is 2.35. The van der Waals surface area contributed by atoms with Crippen molar-refractivity contribution in [2.45, 2.75) is 70.5 Å². The first-order valence-corrected chi connectivity index (χ1v) is 9.88. The molecule has 0 spiro atoms. The number of hydrogen-bond acceptors (Lipinski definition) is 3. The summed E-state index contributed by atoms with van der Waals surface area (Å²) in [7, 11) is 0. The van der Waals surface area contributed by atoms with Gasteiger partial charge in [-0.15, -0.1) is 0 Å². The van der Waals surface area contributed by atoms with Gasteiger partial charge in [0.05, 0.1) is 13.2 Å². The Morgan fingerprint density at radius 2 is 1.56 bits per heavy atom. The van der Waals surface area contributed by atoms with Crippen molar-refractivity contribution in [1.29, 1.82) is 0 Å². The van der Waals surface area contributed by atoms with Gasteiger partial charge in [0.2, 0.25) is 0 Å². The molecule has 1 heterocycles. The SMILES string of the molecule is O=C1CCC(C2COC(C3CCC(CCC=C(F)F)CC3)OC2)CC1. The molecule has 0 aromatic rings. The predicted molar refractivity (Wildman–Crippen MR) is 91.1 cm³/mol. The lowest BCUT2D eigenvalue weighted by Crippen LogP contribution is -2.41. The largest absolute Gasteiger partial charge is 0.352 e. The molecule has 1 saturated heterocycles. The third-order valence-corrected chi connectivity index (χ3v) is 6.35. The molecule has 3 fully saturated rings. The Balaban J connectivity index is 1.35. The predicted octanol–water partition coefficient (Wildman–Crippen LogP) is 5.10. The molecule has 3 rings (SSSR count). The molecule has 2 aliphatic carbocycles. The van der Waals surface area contributed by atoms with Crippen LogP contribution in [0.3, 0.4) is 0 Å². The van der Waals surface area contributed by atoms with Gasteiger partial charge in [0, 0.05) is 24.7 Å². The van der Waals surface area contributed by atoms with Gasteiger partial charge in [0.25, 0.3) is 6.08 Å².